The van der Waals surface area contributed by atoms with E-state index in [4.69, 9.17) is 4.74 Å². The molecule has 8 nitrogen and oxygen atoms in total. The Morgan fingerprint density at radius 3 is 1.97 bits per heavy atom. The van der Waals surface area contributed by atoms with Gasteiger partial charge in [0.05, 0.1) is 15.3 Å². The predicted molar refractivity (Wildman–Crippen MR) is 146 cm³/mol. The molecule has 0 bridgehead atoms. The molecule has 0 aliphatic rings. The summed E-state index contributed by atoms with van der Waals surface area (Å²) < 4.78 is 5.67. The average Bonchev–Trinajstić information content (AvgIpc) is 2.96. The second kappa shape index (κ2) is 12.1. The Bertz CT molecular complexity index is 1460. The second-order valence-corrected chi connectivity index (χ2v) is 9.19. The van der Waals surface area contributed by atoms with Crippen molar-refractivity contribution in [3.63, 3.8) is 0 Å². The van der Waals surface area contributed by atoms with Crippen molar-refractivity contribution >= 4 is 45.0 Å². The molecule has 2 atom stereocenters. The van der Waals surface area contributed by atoms with Gasteiger partial charge in [0, 0.05) is 28.9 Å². The first-order valence-corrected chi connectivity index (χ1v) is 12.4. The zero-order valence-corrected chi connectivity index (χ0v) is 21.4. The Morgan fingerprint density at radius 1 is 0.763 bits per heavy atom. The van der Waals surface area contributed by atoms with Gasteiger partial charge in [-0.3, -0.25) is 19.7 Å². The maximum absolute atomic E-state index is 13.4. The summed E-state index contributed by atoms with van der Waals surface area (Å²) in [6.45, 7) is 0. The molecular weight excluding hydrogens is 552 g/mol. The van der Waals surface area contributed by atoms with Gasteiger partial charge in [-0.15, -0.1) is 0 Å². The summed E-state index contributed by atoms with van der Waals surface area (Å²) in [4.78, 5) is 48.7. The van der Waals surface area contributed by atoms with E-state index in [2.05, 4.69) is 21.2 Å². The van der Waals surface area contributed by atoms with Crippen LogP contribution in [0, 0.1) is 10.1 Å². The van der Waals surface area contributed by atoms with E-state index in [0.29, 0.717) is 22.4 Å². The number of hydrogen-bond donors (Lipinski definition) is 1. The Kier molecular flexibility index (Phi) is 8.40. The normalized spacial score (nSPS) is 12.1. The Labute approximate surface area is 226 Å². The molecule has 1 N–H and O–H groups in total. The van der Waals surface area contributed by atoms with Crippen LogP contribution in [0.3, 0.4) is 0 Å². The number of carbonyl (C=O) groups is 3. The van der Waals surface area contributed by atoms with Crippen molar-refractivity contribution in [2.24, 2.45) is 0 Å². The number of ether oxygens (including phenoxy) is 1. The highest BCUT2D eigenvalue weighted by Gasteiger charge is 2.33. The van der Waals surface area contributed by atoms with Crippen molar-refractivity contribution < 1.29 is 24.0 Å². The number of carbonyl (C=O) groups excluding carboxylic acids is 3. The van der Waals surface area contributed by atoms with Crippen molar-refractivity contribution in [1.82, 2.24) is 0 Å². The topological polar surface area (TPSA) is 116 Å². The van der Waals surface area contributed by atoms with Crippen molar-refractivity contribution in [1.29, 1.82) is 0 Å². The van der Waals surface area contributed by atoms with E-state index < -0.39 is 27.6 Å². The zero-order chi connectivity index (χ0) is 27.1. The molecule has 1 amide bonds. The molecule has 0 aliphatic carbocycles. The van der Waals surface area contributed by atoms with E-state index in [0.717, 1.165) is 0 Å². The number of alkyl halides is 1. The summed E-state index contributed by atoms with van der Waals surface area (Å²) >= 11 is 3.43. The number of ketones is 1. The van der Waals surface area contributed by atoms with Crippen LogP contribution in [0.25, 0.3) is 0 Å². The number of halogens is 1. The lowest BCUT2D eigenvalue weighted by Crippen LogP contribution is -2.31. The number of rotatable bonds is 9. The largest absolute Gasteiger partial charge is 0.449 e. The molecule has 190 valence electrons. The first kappa shape index (κ1) is 26.4. The van der Waals surface area contributed by atoms with Gasteiger partial charge in [0.1, 0.15) is 0 Å². The number of benzene rings is 4. The predicted octanol–water partition coefficient (Wildman–Crippen LogP) is 6.39. The molecule has 0 aromatic heterocycles. The van der Waals surface area contributed by atoms with Gasteiger partial charge in [-0.1, -0.05) is 76.6 Å². The molecule has 0 saturated carbocycles. The van der Waals surface area contributed by atoms with Gasteiger partial charge in [-0.2, -0.15) is 0 Å². The fraction of sp³-hybridized carbons (Fsp3) is 0.0690. The molecule has 0 radical (unpaired) electrons. The Balaban J connectivity index is 1.55. The molecule has 4 aromatic rings. The number of nitrogens with one attached hydrogen (secondary N) is 1. The third kappa shape index (κ3) is 6.37. The highest BCUT2D eigenvalue weighted by molar-refractivity contribution is 9.09. The van der Waals surface area contributed by atoms with Crippen LogP contribution in [0.15, 0.2) is 109 Å². The first-order valence-electron chi connectivity index (χ1n) is 11.5. The lowest BCUT2D eigenvalue weighted by molar-refractivity contribution is -0.384. The maximum Gasteiger partial charge on any atom is 0.338 e. The zero-order valence-electron chi connectivity index (χ0n) is 19.8. The summed E-state index contributed by atoms with van der Waals surface area (Å²) in [5.74, 6) is -1.54. The van der Waals surface area contributed by atoms with Gasteiger partial charge in [-0.25, -0.2) is 4.79 Å². The van der Waals surface area contributed by atoms with Gasteiger partial charge in [0.25, 0.3) is 11.6 Å². The lowest BCUT2D eigenvalue weighted by Gasteiger charge is -2.22. The molecule has 0 heterocycles. The van der Waals surface area contributed by atoms with Crippen LogP contribution in [0.5, 0.6) is 0 Å². The molecule has 0 fully saturated rings. The van der Waals surface area contributed by atoms with Crippen LogP contribution in [0.2, 0.25) is 0 Å². The maximum atomic E-state index is 13.4. The van der Waals surface area contributed by atoms with Crippen molar-refractivity contribution in [2.75, 3.05) is 5.32 Å². The van der Waals surface area contributed by atoms with Crippen LogP contribution < -0.4 is 5.32 Å². The number of Topliss-reactive ketones (excluding diaryl/α,β-unsaturated/α-hetero) is 1. The highest BCUT2D eigenvalue weighted by atomic mass is 79.9. The third-order valence-corrected chi connectivity index (χ3v) is 6.64. The quantitative estimate of drug-likeness (QED) is 0.0816. The number of nitro benzene ring substituents is 1. The number of non-ortho nitro benzene ring substituents is 1. The number of hydrogen-bond acceptors (Lipinski definition) is 6. The first-order chi connectivity index (χ1) is 18.3. The summed E-state index contributed by atoms with van der Waals surface area (Å²) in [7, 11) is 0. The number of anilines is 1. The van der Waals surface area contributed by atoms with E-state index in [9.17, 15) is 24.5 Å². The number of esters is 1. The summed E-state index contributed by atoms with van der Waals surface area (Å²) in [5, 5.41) is 14.0. The number of nitro groups is 1. The molecular formula is C29H21BrN2O6. The van der Waals surface area contributed by atoms with Crippen LogP contribution in [0.1, 0.15) is 41.5 Å². The van der Waals surface area contributed by atoms with Gasteiger partial charge in [0.15, 0.2) is 6.10 Å². The molecule has 0 aliphatic heterocycles. The lowest BCUT2D eigenvalue weighted by atomic mass is 9.99. The van der Waals surface area contributed by atoms with Gasteiger partial charge in [-0.05, 0) is 42.0 Å². The van der Waals surface area contributed by atoms with Crippen LogP contribution in [0.4, 0.5) is 11.4 Å². The van der Waals surface area contributed by atoms with Gasteiger partial charge in [0.2, 0.25) is 5.78 Å². The fourth-order valence-electron chi connectivity index (χ4n) is 3.66. The minimum Gasteiger partial charge on any atom is -0.449 e. The van der Waals surface area contributed by atoms with Crippen molar-refractivity contribution in [3.05, 3.63) is 142 Å². The molecule has 0 unspecified atom stereocenters. The van der Waals surface area contributed by atoms with Crippen molar-refractivity contribution in [3.8, 4) is 0 Å². The smallest absolute Gasteiger partial charge is 0.338 e. The summed E-state index contributed by atoms with van der Waals surface area (Å²) in [5.41, 5.74) is 1.69. The number of amides is 1. The van der Waals surface area contributed by atoms with Gasteiger partial charge >= 0.3 is 5.97 Å². The van der Waals surface area contributed by atoms with E-state index in [1.807, 2.05) is 6.07 Å². The van der Waals surface area contributed by atoms with Crippen LogP contribution >= 0.6 is 15.9 Å². The minimum atomic E-state index is -1.32. The number of nitrogens with zero attached hydrogens (tertiary/aromatic N) is 1. The fourth-order valence-corrected chi connectivity index (χ4v) is 4.30. The summed E-state index contributed by atoms with van der Waals surface area (Å²) in [6, 6.07) is 28.8. The minimum absolute atomic E-state index is 0.155. The monoisotopic (exact) mass is 572 g/mol. The summed E-state index contributed by atoms with van der Waals surface area (Å²) in [6.07, 6.45) is -1.32. The second-order valence-electron chi connectivity index (χ2n) is 8.21. The van der Waals surface area contributed by atoms with E-state index in [1.54, 1.807) is 72.8 Å². The van der Waals surface area contributed by atoms with E-state index in [-0.39, 0.29) is 17.2 Å². The Morgan fingerprint density at radius 2 is 1.37 bits per heavy atom. The van der Waals surface area contributed by atoms with Crippen LogP contribution in [-0.4, -0.2) is 28.7 Å². The van der Waals surface area contributed by atoms with Crippen molar-refractivity contribution in [2.45, 2.75) is 10.9 Å². The standard InChI is InChI=1S/C29H21BrN2O6/c30-25(22-12-7-13-24(18-22)32(36)37)27(26(33)19-8-3-1-4-9-19)38-29(35)21-14-16-23(17-15-21)31-28(34)20-10-5-2-6-11-20/h1-18,25,27H,(H,31,34)/t25-,27-/m0/s1. The molecule has 4 rings (SSSR count). The van der Waals surface area contributed by atoms with Gasteiger partial charge < -0.3 is 10.1 Å². The highest BCUT2D eigenvalue weighted by Crippen LogP contribution is 2.33. The molecule has 9 heteroatoms. The Hall–Kier alpha value is -4.63. The third-order valence-electron chi connectivity index (χ3n) is 5.63. The molecule has 0 spiro atoms. The molecule has 0 saturated heterocycles. The van der Waals surface area contributed by atoms with E-state index >= 15 is 0 Å². The SMILES string of the molecule is O=C(Nc1ccc(C(=O)O[C@H](C(=O)c2ccccc2)[C@@H](Br)c2cccc([N+](=O)[O-])c2)cc1)c1ccccc1. The van der Waals surface area contributed by atoms with Crippen LogP contribution in [-0.2, 0) is 4.74 Å². The van der Waals surface area contributed by atoms with E-state index in [1.165, 1.54) is 30.3 Å². The average molecular weight is 573 g/mol. The molecule has 4 aromatic carbocycles. The molecule has 38 heavy (non-hydrogen) atoms.